The molecule has 1 N–H and O–H groups in total. The van der Waals surface area contributed by atoms with Crippen LogP contribution in [0.25, 0.3) is 32.3 Å². The Bertz CT molecular complexity index is 2380. The van der Waals surface area contributed by atoms with Gasteiger partial charge in [-0.15, -0.1) is 11.3 Å². The van der Waals surface area contributed by atoms with Crippen LogP contribution in [0.1, 0.15) is 64.0 Å². The number of thiophene rings is 1. The van der Waals surface area contributed by atoms with Crippen LogP contribution in [0.5, 0.6) is 5.75 Å². The number of aryl methyl sites for hydroxylation is 3. The molecule has 0 spiro atoms. The monoisotopic (exact) mass is 727 g/mol. The predicted octanol–water partition coefficient (Wildman–Crippen LogP) is 7.58. The average Bonchev–Trinajstić information content (AvgIpc) is 3.74. The Morgan fingerprint density at radius 3 is 2.73 bits per heavy atom. The third kappa shape index (κ3) is 6.30. The van der Waals surface area contributed by atoms with Gasteiger partial charge in [0.05, 0.1) is 33.7 Å². The first-order valence-electron chi connectivity index (χ1n) is 17.1. The Morgan fingerprint density at radius 1 is 1.10 bits per heavy atom. The quantitative estimate of drug-likeness (QED) is 0.169. The summed E-state index contributed by atoms with van der Waals surface area (Å²) in [6.45, 7) is 5.94. The number of aromatic nitrogens is 4. The van der Waals surface area contributed by atoms with Gasteiger partial charge >= 0.3 is 5.97 Å². The van der Waals surface area contributed by atoms with E-state index >= 15 is 0 Å². The Balaban J connectivity index is 0.973. The number of hydrogen-bond donors (Lipinski definition) is 1. The summed E-state index contributed by atoms with van der Waals surface area (Å²) in [4.78, 5) is 37.7. The SMILES string of the molecule is Cc1cc(-c2cc(Cl)ccc2OCCn2c(C)nc3c(c2=O)C[C@@H](N2CCC(c4noc5ccc(F)cc45)CC2)CC3)c2scc(C(=O)O)c2n1. The lowest BCUT2D eigenvalue weighted by molar-refractivity contribution is 0.0699. The lowest BCUT2D eigenvalue weighted by Gasteiger charge is -2.39. The van der Waals surface area contributed by atoms with Crippen molar-refractivity contribution in [2.45, 2.75) is 64.5 Å². The van der Waals surface area contributed by atoms with Gasteiger partial charge in [0.15, 0.2) is 5.58 Å². The highest BCUT2D eigenvalue weighted by Gasteiger charge is 2.32. The fraction of sp³-hybridized carbons (Fsp3) is 0.342. The number of carbonyl (C=O) groups is 1. The van der Waals surface area contributed by atoms with Crippen molar-refractivity contribution >= 4 is 50.1 Å². The molecule has 0 radical (unpaired) electrons. The molecule has 262 valence electrons. The number of likely N-dealkylation sites (tertiary alicyclic amines) is 1. The number of fused-ring (bicyclic) bond motifs is 3. The van der Waals surface area contributed by atoms with Crippen molar-refractivity contribution in [2.24, 2.45) is 0 Å². The molecule has 0 amide bonds. The zero-order chi connectivity index (χ0) is 35.4. The van der Waals surface area contributed by atoms with Gasteiger partial charge in [-0.1, -0.05) is 16.8 Å². The first-order chi connectivity index (χ1) is 24.6. The van der Waals surface area contributed by atoms with E-state index in [-0.39, 0.29) is 35.5 Å². The van der Waals surface area contributed by atoms with Gasteiger partial charge < -0.3 is 14.4 Å². The second-order valence-corrected chi connectivity index (χ2v) is 14.7. The molecule has 1 aliphatic carbocycles. The number of benzene rings is 2. The van der Waals surface area contributed by atoms with Gasteiger partial charge in [-0.3, -0.25) is 19.2 Å². The van der Waals surface area contributed by atoms with E-state index in [2.05, 4.69) is 15.0 Å². The summed E-state index contributed by atoms with van der Waals surface area (Å²) in [7, 11) is 0. The minimum absolute atomic E-state index is 0.0284. The number of ether oxygens (including phenoxy) is 1. The van der Waals surface area contributed by atoms with Crippen LogP contribution in [-0.4, -0.2) is 61.4 Å². The maximum atomic E-state index is 14.0. The van der Waals surface area contributed by atoms with Crippen LogP contribution in [0.3, 0.4) is 0 Å². The van der Waals surface area contributed by atoms with Crippen molar-refractivity contribution in [3.05, 3.63) is 103 Å². The van der Waals surface area contributed by atoms with Gasteiger partial charge in [-0.25, -0.2) is 14.2 Å². The van der Waals surface area contributed by atoms with Gasteiger partial charge in [0, 0.05) is 50.1 Å². The number of carboxylic acids is 1. The molecule has 13 heteroatoms. The largest absolute Gasteiger partial charge is 0.491 e. The van der Waals surface area contributed by atoms with Crippen LogP contribution < -0.4 is 10.3 Å². The summed E-state index contributed by atoms with van der Waals surface area (Å²) >= 11 is 7.76. The van der Waals surface area contributed by atoms with Crippen molar-refractivity contribution in [1.82, 2.24) is 24.6 Å². The second kappa shape index (κ2) is 13.5. The molecule has 10 nitrogen and oxygen atoms in total. The molecular weight excluding hydrogens is 693 g/mol. The number of pyridine rings is 1. The van der Waals surface area contributed by atoms with E-state index in [1.807, 2.05) is 19.9 Å². The fourth-order valence-electron chi connectivity index (χ4n) is 7.72. The van der Waals surface area contributed by atoms with E-state index in [4.69, 9.17) is 25.8 Å². The lowest BCUT2D eigenvalue weighted by atomic mass is 9.87. The van der Waals surface area contributed by atoms with Crippen molar-refractivity contribution in [2.75, 3.05) is 19.7 Å². The molecule has 1 fully saturated rings. The predicted molar refractivity (Wildman–Crippen MR) is 194 cm³/mol. The number of halogens is 2. The summed E-state index contributed by atoms with van der Waals surface area (Å²) in [5.41, 5.74) is 5.83. The average molecular weight is 728 g/mol. The first kappa shape index (κ1) is 33.5. The van der Waals surface area contributed by atoms with Gasteiger partial charge in [-0.05, 0) is 102 Å². The molecule has 6 aromatic rings. The molecule has 8 rings (SSSR count). The molecule has 0 bridgehead atoms. The normalized spacial score (nSPS) is 16.9. The molecule has 1 atom stereocenters. The third-order valence-electron chi connectivity index (χ3n) is 10.3. The summed E-state index contributed by atoms with van der Waals surface area (Å²) in [5.74, 6) is 0.0993. The van der Waals surface area contributed by atoms with Crippen LogP contribution in [-0.2, 0) is 19.4 Å². The molecular formula is C38H35ClFN5O5S. The zero-order valence-corrected chi connectivity index (χ0v) is 29.7. The number of nitrogens with zero attached hydrogens (tertiary/aromatic N) is 5. The van der Waals surface area contributed by atoms with E-state index in [1.54, 1.807) is 34.2 Å². The van der Waals surface area contributed by atoms with E-state index in [9.17, 15) is 19.1 Å². The molecule has 4 aromatic heterocycles. The summed E-state index contributed by atoms with van der Waals surface area (Å²) < 4.78 is 28.2. The maximum Gasteiger partial charge on any atom is 0.338 e. The number of aromatic carboxylic acids is 1. The standard InChI is InChI=1S/C38H35ClFN5O5S/c1-20-15-27(36-35(41-20)30(19-51-36)38(47)48)26-16-23(39)3-7-32(26)49-14-13-45-21(2)42-31-6-5-25(18-28(31)37(45)46)44-11-9-22(10-12-44)34-29-17-24(40)4-8-33(29)50-43-34/h3-4,7-8,15-17,19,22,25H,5-6,9-14,18H2,1-2H3,(H,47,48)/t25-/m0/s1. The molecule has 0 unspecified atom stereocenters. The summed E-state index contributed by atoms with van der Waals surface area (Å²) in [5, 5.41) is 16.9. The molecule has 1 saturated heterocycles. The Kier molecular flexibility index (Phi) is 8.85. The number of hydrogen-bond acceptors (Lipinski definition) is 9. The molecule has 0 saturated carbocycles. The smallest absolute Gasteiger partial charge is 0.338 e. The number of piperidine rings is 1. The van der Waals surface area contributed by atoms with Crippen molar-refractivity contribution in [3.63, 3.8) is 0 Å². The zero-order valence-electron chi connectivity index (χ0n) is 28.1. The number of carboxylic acid groups (broad SMARTS) is 1. The van der Waals surface area contributed by atoms with E-state index < -0.39 is 5.97 Å². The van der Waals surface area contributed by atoms with Crippen molar-refractivity contribution in [3.8, 4) is 16.9 Å². The third-order valence-corrected chi connectivity index (χ3v) is 11.5. The topological polar surface area (TPSA) is 124 Å². The lowest BCUT2D eigenvalue weighted by Crippen LogP contribution is -2.46. The van der Waals surface area contributed by atoms with Crippen LogP contribution in [0, 0.1) is 19.7 Å². The van der Waals surface area contributed by atoms with Crippen LogP contribution in [0.4, 0.5) is 4.39 Å². The Hall–Kier alpha value is -4.65. The van der Waals surface area contributed by atoms with E-state index in [0.717, 1.165) is 76.9 Å². The summed E-state index contributed by atoms with van der Waals surface area (Å²) in [6, 6.07) is 12.0. The van der Waals surface area contributed by atoms with Crippen LogP contribution >= 0.6 is 22.9 Å². The highest BCUT2D eigenvalue weighted by Crippen LogP contribution is 2.40. The molecule has 1 aliphatic heterocycles. The van der Waals surface area contributed by atoms with Crippen molar-refractivity contribution in [1.29, 1.82) is 0 Å². The van der Waals surface area contributed by atoms with Crippen molar-refractivity contribution < 1.29 is 23.6 Å². The highest BCUT2D eigenvalue weighted by atomic mass is 35.5. The molecule has 2 aromatic carbocycles. The highest BCUT2D eigenvalue weighted by molar-refractivity contribution is 7.18. The first-order valence-corrected chi connectivity index (χ1v) is 18.3. The van der Waals surface area contributed by atoms with Crippen LogP contribution in [0.2, 0.25) is 5.02 Å². The number of rotatable bonds is 8. The van der Waals surface area contributed by atoms with E-state index in [0.29, 0.717) is 46.4 Å². The Morgan fingerprint density at radius 2 is 1.92 bits per heavy atom. The van der Waals surface area contributed by atoms with Gasteiger partial charge in [0.25, 0.3) is 5.56 Å². The van der Waals surface area contributed by atoms with Crippen LogP contribution in [0.15, 0.2) is 57.2 Å². The fourth-order valence-corrected chi connectivity index (χ4v) is 8.90. The van der Waals surface area contributed by atoms with Gasteiger partial charge in [0.2, 0.25) is 0 Å². The van der Waals surface area contributed by atoms with Gasteiger partial charge in [0.1, 0.15) is 24.0 Å². The molecule has 51 heavy (non-hydrogen) atoms. The molecule has 2 aliphatic rings. The second-order valence-electron chi connectivity index (χ2n) is 13.4. The molecule has 5 heterocycles. The van der Waals surface area contributed by atoms with E-state index in [1.165, 1.54) is 23.5 Å². The van der Waals surface area contributed by atoms with Gasteiger partial charge in [-0.2, -0.15) is 0 Å². The Labute approximate surface area is 301 Å². The minimum atomic E-state index is -1.03. The maximum absolute atomic E-state index is 14.0. The minimum Gasteiger partial charge on any atom is -0.491 e. The summed E-state index contributed by atoms with van der Waals surface area (Å²) in [6.07, 6.45) is 4.11.